The molecule has 4 N–H and O–H groups in total. The lowest BCUT2D eigenvalue weighted by Crippen LogP contribution is -2.50. The number of amides is 1. The van der Waals surface area contributed by atoms with E-state index in [1.165, 1.54) is 19.1 Å². The molecule has 0 radical (unpaired) electrons. The highest BCUT2D eigenvalue weighted by molar-refractivity contribution is 7.52. The summed E-state index contributed by atoms with van der Waals surface area (Å²) in [5.74, 6) is -2.22. The number of carboxylic acid groups (broad SMARTS) is 1. The Morgan fingerprint density at radius 1 is 0.795 bits per heavy atom. The van der Waals surface area contributed by atoms with Crippen LogP contribution in [0.1, 0.15) is 23.3 Å². The van der Waals surface area contributed by atoms with Crippen LogP contribution >= 0.6 is 7.60 Å². The Hall–Kier alpha value is -4.63. The Balaban J connectivity index is 1.83. The molecule has 4 aromatic rings. The van der Waals surface area contributed by atoms with Gasteiger partial charge in [0, 0.05) is 18.7 Å². The zero-order valence-electron chi connectivity index (χ0n) is 24.4. The van der Waals surface area contributed by atoms with E-state index in [1.807, 2.05) is 54.6 Å². The maximum atomic E-state index is 13.9. The monoisotopic (exact) mass is 618 g/mol. The first-order valence-electron chi connectivity index (χ1n) is 13.9. The van der Waals surface area contributed by atoms with Crippen LogP contribution in [0.25, 0.3) is 11.1 Å². The van der Waals surface area contributed by atoms with Gasteiger partial charge in [-0.1, -0.05) is 66.7 Å². The predicted molar refractivity (Wildman–Crippen MR) is 168 cm³/mol. The average Bonchev–Trinajstić information content (AvgIpc) is 3.03. The van der Waals surface area contributed by atoms with Gasteiger partial charge in [0.05, 0.1) is 20.6 Å². The quantitative estimate of drug-likeness (QED) is 0.139. The fourth-order valence-electron chi connectivity index (χ4n) is 4.95. The number of nitrogens with zero attached hydrogens (tertiary/aromatic N) is 1. The van der Waals surface area contributed by atoms with E-state index in [4.69, 9.17) is 14.6 Å². The van der Waals surface area contributed by atoms with E-state index in [0.29, 0.717) is 17.2 Å². The lowest BCUT2D eigenvalue weighted by Gasteiger charge is -2.39. The summed E-state index contributed by atoms with van der Waals surface area (Å²) < 4.78 is 23.8. The molecule has 0 aliphatic rings. The molecular formula is C33H35N2O8P. The predicted octanol–water partition coefficient (Wildman–Crippen LogP) is 5.26. The number of carbonyl (C=O) groups is 2. The number of nitrogens with one attached hydrogen (secondary N) is 1. The third-order valence-corrected chi connectivity index (χ3v) is 8.32. The van der Waals surface area contributed by atoms with Gasteiger partial charge < -0.3 is 34.6 Å². The van der Waals surface area contributed by atoms with Crippen molar-refractivity contribution in [2.45, 2.75) is 24.7 Å². The van der Waals surface area contributed by atoms with Crippen molar-refractivity contribution in [1.82, 2.24) is 5.32 Å². The van der Waals surface area contributed by atoms with Gasteiger partial charge in [-0.3, -0.25) is 14.2 Å². The van der Waals surface area contributed by atoms with E-state index in [1.54, 1.807) is 48.5 Å². The first-order valence-corrected chi connectivity index (χ1v) is 15.5. The number of aliphatic carboxylic acids is 1. The Morgan fingerprint density at radius 3 is 1.86 bits per heavy atom. The van der Waals surface area contributed by atoms with Crippen molar-refractivity contribution >= 4 is 25.2 Å². The second kappa shape index (κ2) is 14.7. The molecule has 4 aromatic carbocycles. The maximum Gasteiger partial charge on any atom is 0.352 e. The van der Waals surface area contributed by atoms with E-state index >= 15 is 0 Å². The highest BCUT2D eigenvalue weighted by Crippen LogP contribution is 2.56. The molecule has 0 saturated heterocycles. The van der Waals surface area contributed by atoms with Gasteiger partial charge in [0.1, 0.15) is 17.5 Å². The van der Waals surface area contributed by atoms with Gasteiger partial charge in [0.2, 0.25) is 5.91 Å². The molecule has 0 spiro atoms. The SMILES string of the molecule is COc1ccc(C(N(c2ccc(OC)cc2)[C@@H](Cc2ccc(-c3ccccc3)cc2)C(=O)NCCC(=O)O)P(=O)(O)O)cc1. The molecule has 2 atom stereocenters. The third-order valence-electron chi connectivity index (χ3n) is 7.13. The minimum atomic E-state index is -4.97. The molecule has 44 heavy (non-hydrogen) atoms. The topological polar surface area (TPSA) is 146 Å². The highest BCUT2D eigenvalue weighted by Gasteiger charge is 2.42. The molecule has 0 heterocycles. The molecular weight excluding hydrogens is 583 g/mol. The van der Waals surface area contributed by atoms with Crippen LogP contribution in [-0.2, 0) is 20.6 Å². The van der Waals surface area contributed by atoms with Crippen molar-refractivity contribution in [2.24, 2.45) is 0 Å². The largest absolute Gasteiger partial charge is 0.497 e. The van der Waals surface area contributed by atoms with Crippen molar-refractivity contribution in [2.75, 3.05) is 25.7 Å². The van der Waals surface area contributed by atoms with Crippen LogP contribution in [0.2, 0.25) is 0 Å². The van der Waals surface area contributed by atoms with Crippen LogP contribution in [0, 0.1) is 0 Å². The minimum absolute atomic E-state index is 0.0622. The lowest BCUT2D eigenvalue weighted by atomic mass is 9.98. The van der Waals surface area contributed by atoms with Crippen molar-refractivity contribution in [3.05, 3.63) is 114 Å². The number of carboxylic acids is 1. The van der Waals surface area contributed by atoms with Crippen molar-refractivity contribution < 1.29 is 38.5 Å². The summed E-state index contributed by atoms with van der Waals surface area (Å²) >= 11 is 0. The molecule has 0 bridgehead atoms. The smallest absolute Gasteiger partial charge is 0.352 e. The van der Waals surface area contributed by atoms with Gasteiger partial charge in [0.15, 0.2) is 5.78 Å². The summed E-state index contributed by atoms with van der Waals surface area (Å²) in [5.41, 5.74) is 3.34. The van der Waals surface area contributed by atoms with Gasteiger partial charge in [0.25, 0.3) is 0 Å². The molecule has 11 heteroatoms. The average molecular weight is 619 g/mol. The van der Waals surface area contributed by atoms with E-state index in [0.717, 1.165) is 16.7 Å². The number of anilines is 1. The van der Waals surface area contributed by atoms with Crippen molar-refractivity contribution in [3.8, 4) is 22.6 Å². The van der Waals surface area contributed by atoms with E-state index < -0.39 is 31.3 Å². The maximum absolute atomic E-state index is 13.9. The molecule has 4 rings (SSSR count). The van der Waals surface area contributed by atoms with Gasteiger partial charge in [-0.2, -0.15) is 0 Å². The van der Waals surface area contributed by atoms with Crippen LogP contribution in [0.15, 0.2) is 103 Å². The molecule has 0 aliphatic carbocycles. The molecule has 1 amide bonds. The Labute approximate surface area is 256 Å². The Morgan fingerprint density at radius 2 is 1.34 bits per heavy atom. The zero-order chi connectivity index (χ0) is 31.7. The number of benzene rings is 4. The van der Waals surface area contributed by atoms with Crippen LogP contribution in [0.4, 0.5) is 5.69 Å². The van der Waals surface area contributed by atoms with E-state index in [-0.39, 0.29) is 24.9 Å². The fourth-order valence-corrected chi connectivity index (χ4v) is 6.13. The highest BCUT2D eigenvalue weighted by atomic mass is 31.2. The summed E-state index contributed by atoms with van der Waals surface area (Å²) in [4.78, 5) is 48.1. The lowest BCUT2D eigenvalue weighted by molar-refractivity contribution is -0.136. The first kappa shape index (κ1) is 32.3. The number of ether oxygens (including phenoxy) is 2. The standard InChI is InChI=1S/C33H35N2O8P/c1-42-28-16-12-26(13-17-28)33(44(39,40)41)35(27-14-18-29(43-2)19-15-27)30(32(38)34-21-20-31(36)37)22-23-8-10-25(11-9-23)24-6-4-3-5-7-24/h3-19,30,33H,20-22H2,1-2H3,(H,34,38)(H,36,37)(H2,39,40,41)/t30-,33?/m0/s1. The van der Waals surface area contributed by atoms with Crippen LogP contribution in [0.3, 0.4) is 0 Å². The van der Waals surface area contributed by atoms with Crippen LogP contribution in [0.5, 0.6) is 11.5 Å². The van der Waals surface area contributed by atoms with Crippen LogP contribution < -0.4 is 19.7 Å². The van der Waals surface area contributed by atoms with Gasteiger partial charge in [-0.15, -0.1) is 0 Å². The summed E-state index contributed by atoms with van der Waals surface area (Å²) in [7, 11) is -1.98. The molecule has 0 aliphatic heterocycles. The second-order valence-corrected chi connectivity index (χ2v) is 11.7. The number of hydrogen-bond acceptors (Lipinski definition) is 6. The number of hydrogen-bond donors (Lipinski definition) is 4. The number of carbonyl (C=O) groups excluding carboxylic acids is 1. The van der Waals surface area contributed by atoms with E-state index in [9.17, 15) is 23.9 Å². The van der Waals surface area contributed by atoms with Crippen molar-refractivity contribution in [1.29, 1.82) is 0 Å². The fraction of sp³-hybridized carbons (Fsp3) is 0.212. The summed E-state index contributed by atoms with van der Waals surface area (Å²) in [6.07, 6.45) is -0.250. The van der Waals surface area contributed by atoms with Crippen molar-refractivity contribution in [3.63, 3.8) is 0 Å². The summed E-state index contributed by atoms with van der Waals surface area (Å²) in [6, 6.07) is 29.0. The van der Waals surface area contributed by atoms with Gasteiger partial charge >= 0.3 is 13.6 Å². The number of methoxy groups -OCH3 is 2. The Bertz CT molecular complexity index is 1570. The Kier molecular flexibility index (Phi) is 10.8. The van der Waals surface area contributed by atoms with Crippen LogP contribution in [-0.4, -0.2) is 53.6 Å². The molecule has 230 valence electrons. The molecule has 10 nitrogen and oxygen atoms in total. The minimum Gasteiger partial charge on any atom is -0.497 e. The van der Waals surface area contributed by atoms with Gasteiger partial charge in [-0.05, 0) is 58.7 Å². The second-order valence-electron chi connectivity index (χ2n) is 10.1. The normalized spacial score (nSPS) is 12.5. The molecule has 1 unspecified atom stereocenters. The van der Waals surface area contributed by atoms with Gasteiger partial charge in [-0.25, -0.2) is 0 Å². The van der Waals surface area contributed by atoms with E-state index in [2.05, 4.69) is 5.32 Å². The summed E-state index contributed by atoms with van der Waals surface area (Å²) in [6.45, 7) is -0.156. The third kappa shape index (κ3) is 8.26. The molecule has 0 saturated carbocycles. The first-order chi connectivity index (χ1) is 21.1. The molecule has 0 fully saturated rings. The molecule has 0 aromatic heterocycles. The summed E-state index contributed by atoms with van der Waals surface area (Å²) in [5, 5.41) is 11.8. The number of rotatable bonds is 14. The zero-order valence-corrected chi connectivity index (χ0v) is 25.3.